The predicted octanol–water partition coefficient (Wildman–Crippen LogP) is 1.95. The highest BCUT2D eigenvalue weighted by molar-refractivity contribution is 6.33. The van der Waals surface area contributed by atoms with Crippen LogP contribution in [-0.2, 0) is 24.3 Å². The van der Waals surface area contributed by atoms with E-state index in [1.165, 1.54) is 18.2 Å². The molecule has 3 rings (SSSR count). The Hall–Kier alpha value is -2.45. The van der Waals surface area contributed by atoms with E-state index in [9.17, 15) is 14.9 Å². The van der Waals surface area contributed by atoms with E-state index < -0.39 is 10.8 Å². The molecular formula is C15H15ClN4O4. The fraction of sp³-hybridized carbons (Fsp3) is 0.333. The van der Waals surface area contributed by atoms with Gasteiger partial charge in [0.05, 0.1) is 41.5 Å². The smallest absolute Gasteiger partial charge is 0.270 e. The van der Waals surface area contributed by atoms with Gasteiger partial charge in [-0.25, -0.2) is 0 Å². The number of hydrogen-bond donors (Lipinski definition) is 1. The van der Waals surface area contributed by atoms with Gasteiger partial charge in [0.1, 0.15) is 0 Å². The van der Waals surface area contributed by atoms with Gasteiger partial charge in [0, 0.05) is 36.4 Å². The number of ether oxygens (including phenoxy) is 1. The number of nitrogens with one attached hydrogen (secondary N) is 1. The van der Waals surface area contributed by atoms with E-state index in [0.717, 1.165) is 17.7 Å². The van der Waals surface area contributed by atoms with Crippen molar-refractivity contribution in [3.05, 3.63) is 56.4 Å². The average Bonchev–Trinajstić information content (AvgIpc) is 2.98. The van der Waals surface area contributed by atoms with Gasteiger partial charge in [0.15, 0.2) is 0 Å². The van der Waals surface area contributed by atoms with Crippen molar-refractivity contribution in [1.29, 1.82) is 0 Å². The Morgan fingerprint density at radius 3 is 3.12 bits per heavy atom. The maximum Gasteiger partial charge on any atom is 0.270 e. The minimum Gasteiger partial charge on any atom is -0.376 e. The van der Waals surface area contributed by atoms with Crippen LogP contribution in [0.1, 0.15) is 21.6 Å². The summed E-state index contributed by atoms with van der Waals surface area (Å²) in [6.45, 7) is 2.07. The lowest BCUT2D eigenvalue weighted by Gasteiger charge is -2.15. The number of nitro groups is 1. The number of hydrogen-bond acceptors (Lipinski definition) is 5. The maximum absolute atomic E-state index is 12.2. The molecule has 2 aromatic rings. The molecule has 8 nitrogen and oxygen atoms in total. The number of nitrogens with zero attached hydrogens (tertiary/aromatic N) is 3. The predicted molar refractivity (Wildman–Crippen MR) is 86.0 cm³/mol. The van der Waals surface area contributed by atoms with Gasteiger partial charge in [-0.3, -0.25) is 19.6 Å². The number of rotatable bonds is 5. The van der Waals surface area contributed by atoms with Crippen LogP contribution in [0.4, 0.5) is 5.69 Å². The van der Waals surface area contributed by atoms with Gasteiger partial charge >= 0.3 is 0 Å². The van der Waals surface area contributed by atoms with Crippen LogP contribution in [0.15, 0.2) is 24.4 Å². The summed E-state index contributed by atoms with van der Waals surface area (Å²) in [6, 6.07) is 3.78. The van der Waals surface area contributed by atoms with E-state index in [2.05, 4.69) is 10.4 Å². The van der Waals surface area contributed by atoms with Crippen molar-refractivity contribution in [3.8, 4) is 0 Å². The van der Waals surface area contributed by atoms with Crippen LogP contribution in [0.25, 0.3) is 0 Å². The summed E-state index contributed by atoms with van der Waals surface area (Å²) >= 11 is 5.95. The summed E-state index contributed by atoms with van der Waals surface area (Å²) in [5.74, 6) is -0.451. The molecule has 0 saturated heterocycles. The number of fused-ring (bicyclic) bond motifs is 1. The van der Waals surface area contributed by atoms with Crippen molar-refractivity contribution in [2.24, 2.45) is 0 Å². The molecule has 9 heteroatoms. The fourth-order valence-electron chi connectivity index (χ4n) is 2.57. The molecule has 0 atom stereocenters. The van der Waals surface area contributed by atoms with Gasteiger partial charge in [-0.15, -0.1) is 0 Å². The number of nitro benzene ring substituents is 1. The minimum atomic E-state index is -0.564. The fourth-order valence-corrected chi connectivity index (χ4v) is 2.78. The molecule has 1 aliphatic heterocycles. The highest BCUT2D eigenvalue weighted by Crippen LogP contribution is 2.22. The van der Waals surface area contributed by atoms with Crippen LogP contribution >= 0.6 is 11.6 Å². The van der Waals surface area contributed by atoms with Crippen molar-refractivity contribution in [3.63, 3.8) is 0 Å². The molecule has 2 heterocycles. The van der Waals surface area contributed by atoms with Gasteiger partial charge < -0.3 is 10.1 Å². The molecule has 24 heavy (non-hydrogen) atoms. The first-order chi connectivity index (χ1) is 11.6. The van der Waals surface area contributed by atoms with Gasteiger partial charge in [-0.1, -0.05) is 11.6 Å². The molecule has 1 amide bonds. The zero-order chi connectivity index (χ0) is 17.1. The molecule has 1 aromatic heterocycles. The molecule has 0 unspecified atom stereocenters. The molecule has 0 bridgehead atoms. The van der Waals surface area contributed by atoms with Crippen molar-refractivity contribution >= 4 is 23.2 Å². The first-order valence-electron chi connectivity index (χ1n) is 7.39. The average molecular weight is 351 g/mol. The number of amides is 1. The van der Waals surface area contributed by atoms with Crippen LogP contribution in [0.3, 0.4) is 0 Å². The van der Waals surface area contributed by atoms with E-state index in [-0.39, 0.29) is 16.3 Å². The topological polar surface area (TPSA) is 99.3 Å². The molecule has 1 aliphatic rings. The zero-order valence-corrected chi connectivity index (χ0v) is 13.5. The van der Waals surface area contributed by atoms with Crippen LogP contribution in [0.5, 0.6) is 0 Å². The molecule has 126 valence electrons. The molecule has 0 radical (unpaired) electrons. The Kier molecular flexibility index (Phi) is 4.77. The number of carbonyl (C=O) groups excluding carboxylic acids is 1. The van der Waals surface area contributed by atoms with Crippen LogP contribution in [0, 0.1) is 10.1 Å². The van der Waals surface area contributed by atoms with Gasteiger partial charge in [0.25, 0.3) is 11.6 Å². The number of carbonyl (C=O) groups is 1. The third kappa shape index (κ3) is 3.39. The van der Waals surface area contributed by atoms with Crippen LogP contribution in [0.2, 0.25) is 5.02 Å². The normalized spacial score (nSPS) is 13.4. The van der Waals surface area contributed by atoms with Crippen molar-refractivity contribution in [1.82, 2.24) is 15.1 Å². The number of benzene rings is 1. The Bertz CT molecular complexity index is 790. The second-order valence-corrected chi connectivity index (χ2v) is 5.73. The number of halogens is 1. The highest BCUT2D eigenvalue weighted by Gasteiger charge is 2.17. The lowest BCUT2D eigenvalue weighted by Crippen LogP contribution is -2.28. The van der Waals surface area contributed by atoms with Crippen LogP contribution < -0.4 is 5.32 Å². The first-order valence-corrected chi connectivity index (χ1v) is 7.77. The van der Waals surface area contributed by atoms with Crippen LogP contribution in [-0.4, -0.2) is 33.8 Å². The quantitative estimate of drug-likeness (QED) is 0.656. The third-order valence-corrected chi connectivity index (χ3v) is 4.12. The second-order valence-electron chi connectivity index (χ2n) is 5.32. The molecule has 0 spiro atoms. The summed E-state index contributed by atoms with van der Waals surface area (Å²) in [5.41, 5.74) is 2.09. The van der Waals surface area contributed by atoms with E-state index in [0.29, 0.717) is 26.3 Å². The number of non-ortho nitro benzene ring substituents is 1. The van der Waals surface area contributed by atoms with Crippen molar-refractivity contribution in [2.75, 3.05) is 13.2 Å². The van der Waals surface area contributed by atoms with E-state index >= 15 is 0 Å². The van der Waals surface area contributed by atoms with E-state index in [4.69, 9.17) is 16.3 Å². The van der Waals surface area contributed by atoms with Gasteiger partial charge in [0.2, 0.25) is 0 Å². The van der Waals surface area contributed by atoms with Gasteiger partial charge in [-0.05, 0) is 6.07 Å². The third-order valence-electron chi connectivity index (χ3n) is 3.79. The molecule has 1 N–H and O–H groups in total. The maximum atomic E-state index is 12.2. The summed E-state index contributed by atoms with van der Waals surface area (Å²) in [7, 11) is 0. The van der Waals surface area contributed by atoms with Gasteiger partial charge in [-0.2, -0.15) is 5.10 Å². The Morgan fingerprint density at radius 1 is 1.50 bits per heavy atom. The number of aromatic nitrogens is 2. The molecule has 1 aromatic carbocycles. The molecule has 0 saturated carbocycles. The van der Waals surface area contributed by atoms with Crippen molar-refractivity contribution in [2.45, 2.75) is 19.6 Å². The Morgan fingerprint density at radius 2 is 2.33 bits per heavy atom. The summed E-state index contributed by atoms with van der Waals surface area (Å²) in [6.07, 6.45) is 2.56. The lowest BCUT2D eigenvalue weighted by atomic mass is 10.2. The molecular weight excluding hydrogens is 336 g/mol. The monoisotopic (exact) mass is 350 g/mol. The molecule has 0 fully saturated rings. The zero-order valence-electron chi connectivity index (χ0n) is 12.7. The summed E-state index contributed by atoms with van der Waals surface area (Å²) < 4.78 is 7.20. The Balaban J connectivity index is 1.63. The SMILES string of the molecule is O=C(NCCn1ncc2c1CCOC2)c1cc([N+](=O)[O-])ccc1Cl. The minimum absolute atomic E-state index is 0.0850. The highest BCUT2D eigenvalue weighted by atomic mass is 35.5. The van der Waals surface area contributed by atoms with E-state index in [1.807, 2.05) is 4.68 Å². The second kappa shape index (κ2) is 6.98. The lowest BCUT2D eigenvalue weighted by molar-refractivity contribution is -0.384. The first kappa shape index (κ1) is 16.4. The molecule has 0 aliphatic carbocycles. The summed E-state index contributed by atoms with van der Waals surface area (Å²) in [4.78, 5) is 22.4. The largest absolute Gasteiger partial charge is 0.376 e. The summed E-state index contributed by atoms with van der Waals surface area (Å²) in [5, 5.41) is 18.0. The van der Waals surface area contributed by atoms with Crippen molar-refractivity contribution < 1.29 is 14.5 Å². The van der Waals surface area contributed by atoms with E-state index in [1.54, 1.807) is 6.20 Å². The standard InChI is InChI=1S/C15H15ClN4O4/c16-13-2-1-11(20(22)23)7-12(13)15(21)17-4-5-19-14-3-6-24-9-10(14)8-18-19/h1-2,7-8H,3-6,9H2,(H,17,21). The Labute approximate surface area is 142 Å².